The van der Waals surface area contributed by atoms with E-state index in [2.05, 4.69) is 5.32 Å². The first kappa shape index (κ1) is 16.5. The smallest absolute Gasteiger partial charge is 0.255 e. The number of para-hydroxylation sites is 1. The zero-order chi connectivity index (χ0) is 17.5. The summed E-state index contributed by atoms with van der Waals surface area (Å²) >= 11 is 5.84. The fraction of sp³-hybridized carbons (Fsp3) is 0.125. The lowest BCUT2D eigenvalue weighted by molar-refractivity contribution is -0.124. The molecule has 0 saturated carbocycles. The van der Waals surface area contributed by atoms with Crippen LogP contribution in [0.2, 0.25) is 5.02 Å². The predicted octanol–water partition coefficient (Wildman–Crippen LogP) is 2.10. The standard InChI is InChI=1S/C16H13ClN2O4S/c1-19-12-7-2-3-8-13(12)24(22,23)14(16(19)21)15(20)18-11-6-4-5-10(17)9-11/h2-9,14H,1H3,(H,18,20). The van der Waals surface area contributed by atoms with Gasteiger partial charge in [-0.15, -0.1) is 0 Å². The van der Waals surface area contributed by atoms with Gasteiger partial charge in [-0.25, -0.2) is 8.42 Å². The molecule has 2 aromatic rings. The Morgan fingerprint density at radius 3 is 2.58 bits per heavy atom. The molecule has 1 unspecified atom stereocenters. The zero-order valence-electron chi connectivity index (χ0n) is 12.6. The number of hydrogen-bond acceptors (Lipinski definition) is 4. The van der Waals surface area contributed by atoms with Gasteiger partial charge in [0.05, 0.1) is 10.6 Å². The summed E-state index contributed by atoms with van der Waals surface area (Å²) in [6, 6.07) is 12.3. The van der Waals surface area contributed by atoms with Crippen molar-refractivity contribution in [2.45, 2.75) is 10.1 Å². The minimum absolute atomic E-state index is 0.0432. The maximum Gasteiger partial charge on any atom is 0.255 e. The van der Waals surface area contributed by atoms with Crippen LogP contribution in [0.25, 0.3) is 0 Å². The Balaban J connectivity index is 2.01. The number of carbonyl (C=O) groups is 2. The van der Waals surface area contributed by atoms with E-state index in [0.717, 1.165) is 0 Å². The molecule has 0 saturated heterocycles. The molecule has 1 aliphatic heterocycles. The Bertz CT molecular complexity index is 943. The Labute approximate surface area is 144 Å². The predicted molar refractivity (Wildman–Crippen MR) is 90.9 cm³/mol. The van der Waals surface area contributed by atoms with Gasteiger partial charge >= 0.3 is 0 Å². The first-order valence-corrected chi connectivity index (χ1v) is 8.92. The molecule has 2 amide bonds. The number of halogens is 1. The van der Waals surface area contributed by atoms with Crippen LogP contribution in [0.4, 0.5) is 11.4 Å². The molecule has 2 aromatic carbocycles. The number of nitrogens with zero attached hydrogens (tertiary/aromatic N) is 1. The highest BCUT2D eigenvalue weighted by Crippen LogP contribution is 2.34. The summed E-state index contributed by atoms with van der Waals surface area (Å²) in [7, 11) is -2.69. The molecule has 1 atom stereocenters. The number of fused-ring (bicyclic) bond motifs is 1. The van der Waals surface area contributed by atoms with Crippen LogP contribution in [0.5, 0.6) is 0 Å². The molecule has 1 aliphatic rings. The fourth-order valence-corrected chi connectivity index (χ4v) is 4.53. The highest BCUT2D eigenvalue weighted by atomic mass is 35.5. The highest BCUT2D eigenvalue weighted by molar-refractivity contribution is 7.94. The van der Waals surface area contributed by atoms with Crippen molar-refractivity contribution in [1.29, 1.82) is 0 Å². The molecular weight excluding hydrogens is 352 g/mol. The average Bonchev–Trinajstić information content (AvgIpc) is 2.53. The van der Waals surface area contributed by atoms with E-state index in [4.69, 9.17) is 11.6 Å². The molecule has 1 heterocycles. The van der Waals surface area contributed by atoms with Crippen LogP contribution in [0.1, 0.15) is 0 Å². The number of hydrogen-bond donors (Lipinski definition) is 1. The van der Waals surface area contributed by atoms with E-state index in [1.54, 1.807) is 30.3 Å². The molecule has 0 aromatic heterocycles. The molecular formula is C16H13ClN2O4S. The van der Waals surface area contributed by atoms with Gasteiger partial charge in [0.1, 0.15) is 0 Å². The lowest BCUT2D eigenvalue weighted by Gasteiger charge is -2.30. The van der Waals surface area contributed by atoms with Crippen LogP contribution in [-0.2, 0) is 19.4 Å². The van der Waals surface area contributed by atoms with Crippen LogP contribution in [-0.4, -0.2) is 32.5 Å². The minimum Gasteiger partial charge on any atom is -0.324 e. The number of nitrogens with one attached hydrogen (secondary N) is 1. The number of benzene rings is 2. The summed E-state index contributed by atoms with van der Waals surface area (Å²) in [5, 5.41) is 0.986. The van der Waals surface area contributed by atoms with Crippen LogP contribution >= 0.6 is 11.6 Å². The van der Waals surface area contributed by atoms with Crippen molar-refractivity contribution in [2.75, 3.05) is 17.3 Å². The molecule has 0 bridgehead atoms. The molecule has 8 heteroatoms. The van der Waals surface area contributed by atoms with E-state index >= 15 is 0 Å². The topological polar surface area (TPSA) is 83.6 Å². The van der Waals surface area contributed by atoms with E-state index in [0.29, 0.717) is 10.7 Å². The molecule has 3 rings (SSSR count). The van der Waals surface area contributed by atoms with Gasteiger partial charge in [-0.05, 0) is 30.3 Å². The SMILES string of the molecule is CN1C(=O)C(C(=O)Nc2cccc(Cl)c2)S(=O)(=O)c2ccccc21. The van der Waals surface area contributed by atoms with Gasteiger partial charge in [-0.3, -0.25) is 9.59 Å². The molecule has 1 N–H and O–H groups in total. The van der Waals surface area contributed by atoms with E-state index in [-0.39, 0.29) is 10.6 Å². The van der Waals surface area contributed by atoms with Gasteiger partial charge in [-0.1, -0.05) is 29.8 Å². The van der Waals surface area contributed by atoms with E-state index in [9.17, 15) is 18.0 Å². The second-order valence-electron chi connectivity index (χ2n) is 5.29. The summed E-state index contributed by atoms with van der Waals surface area (Å²) in [4.78, 5) is 26.1. The monoisotopic (exact) mass is 364 g/mol. The van der Waals surface area contributed by atoms with Crippen LogP contribution in [0.15, 0.2) is 53.4 Å². The van der Waals surface area contributed by atoms with Gasteiger partial charge in [0.25, 0.3) is 11.8 Å². The molecule has 0 aliphatic carbocycles. The van der Waals surface area contributed by atoms with Gasteiger partial charge in [0, 0.05) is 17.8 Å². The number of anilines is 2. The second-order valence-corrected chi connectivity index (χ2v) is 7.73. The summed E-state index contributed by atoms with van der Waals surface area (Å²) in [6.07, 6.45) is 0. The van der Waals surface area contributed by atoms with Gasteiger partial charge in [0.2, 0.25) is 15.1 Å². The Hall–Kier alpha value is -2.38. The number of carbonyl (C=O) groups excluding carboxylic acids is 2. The zero-order valence-corrected chi connectivity index (χ0v) is 14.1. The Kier molecular flexibility index (Phi) is 4.06. The number of amides is 2. The molecule has 0 fully saturated rings. The summed E-state index contributed by atoms with van der Waals surface area (Å²) in [5.74, 6) is -1.71. The second kappa shape index (κ2) is 5.92. The summed E-state index contributed by atoms with van der Waals surface area (Å²) in [6.45, 7) is 0. The number of sulfone groups is 1. The van der Waals surface area contributed by atoms with Crippen LogP contribution in [0, 0.1) is 0 Å². The van der Waals surface area contributed by atoms with Crippen molar-refractivity contribution < 1.29 is 18.0 Å². The highest BCUT2D eigenvalue weighted by Gasteiger charge is 2.47. The molecule has 0 radical (unpaired) electrons. The third kappa shape index (κ3) is 2.65. The maximum absolute atomic E-state index is 12.7. The Morgan fingerprint density at radius 1 is 1.17 bits per heavy atom. The first-order valence-electron chi connectivity index (χ1n) is 6.99. The lowest BCUT2D eigenvalue weighted by atomic mass is 10.2. The lowest BCUT2D eigenvalue weighted by Crippen LogP contribution is -2.51. The van der Waals surface area contributed by atoms with Gasteiger partial charge in [0.15, 0.2) is 0 Å². The third-order valence-corrected chi connectivity index (χ3v) is 5.96. The maximum atomic E-state index is 12.7. The Morgan fingerprint density at radius 2 is 1.88 bits per heavy atom. The van der Waals surface area contributed by atoms with E-state index in [1.807, 2.05) is 0 Å². The van der Waals surface area contributed by atoms with Crippen molar-refractivity contribution in [1.82, 2.24) is 0 Å². The third-order valence-electron chi connectivity index (χ3n) is 3.73. The first-order chi connectivity index (χ1) is 11.3. The summed E-state index contributed by atoms with van der Waals surface area (Å²) in [5.41, 5.74) is 0.575. The van der Waals surface area contributed by atoms with Crippen LogP contribution < -0.4 is 10.2 Å². The molecule has 6 nitrogen and oxygen atoms in total. The van der Waals surface area contributed by atoms with Crippen molar-refractivity contribution >= 4 is 44.6 Å². The average molecular weight is 365 g/mol. The molecule has 0 spiro atoms. The molecule has 124 valence electrons. The summed E-state index contributed by atoms with van der Waals surface area (Å²) < 4.78 is 25.4. The largest absolute Gasteiger partial charge is 0.324 e. The quantitative estimate of drug-likeness (QED) is 0.827. The van der Waals surface area contributed by atoms with Crippen LogP contribution in [0.3, 0.4) is 0 Å². The normalized spacial score (nSPS) is 18.8. The van der Waals surface area contributed by atoms with E-state index < -0.39 is 26.9 Å². The number of rotatable bonds is 2. The molecule has 24 heavy (non-hydrogen) atoms. The fourth-order valence-electron chi connectivity index (χ4n) is 2.56. The van der Waals surface area contributed by atoms with Gasteiger partial charge in [-0.2, -0.15) is 0 Å². The minimum atomic E-state index is -4.13. The van der Waals surface area contributed by atoms with Crippen molar-refractivity contribution in [3.8, 4) is 0 Å². The van der Waals surface area contributed by atoms with E-state index in [1.165, 1.54) is 30.1 Å². The van der Waals surface area contributed by atoms with Crippen molar-refractivity contribution in [2.24, 2.45) is 0 Å². The van der Waals surface area contributed by atoms with Crippen molar-refractivity contribution in [3.05, 3.63) is 53.6 Å². The van der Waals surface area contributed by atoms with Crippen molar-refractivity contribution in [3.63, 3.8) is 0 Å². The van der Waals surface area contributed by atoms with Gasteiger partial charge < -0.3 is 10.2 Å².